The standard InChI is InChI=1S/C23H23N3O3/c1-2-29-20-10-8-19(9-11-20)26-22(27)18-13-15-24-21(16-18)23(28)25-14-12-17-6-4-3-5-7-17/h3-11,13,15-16H,2,12,14H2,1H3,(H,25,28)(H,26,27). The fourth-order valence-corrected chi connectivity index (χ4v) is 2.76. The largest absolute Gasteiger partial charge is 0.494 e. The number of carbonyl (C=O) groups excluding carboxylic acids is 2. The van der Waals surface area contributed by atoms with Gasteiger partial charge in [-0.3, -0.25) is 14.6 Å². The molecule has 0 radical (unpaired) electrons. The minimum Gasteiger partial charge on any atom is -0.494 e. The van der Waals surface area contributed by atoms with Gasteiger partial charge in [0.1, 0.15) is 11.4 Å². The molecule has 3 rings (SSSR count). The fraction of sp³-hybridized carbons (Fsp3) is 0.174. The van der Waals surface area contributed by atoms with Gasteiger partial charge in [0.2, 0.25) is 0 Å². The Morgan fingerprint density at radius 3 is 2.45 bits per heavy atom. The molecule has 0 aliphatic rings. The van der Waals surface area contributed by atoms with Gasteiger partial charge in [-0.25, -0.2) is 0 Å². The predicted molar refractivity (Wildman–Crippen MR) is 112 cm³/mol. The van der Waals surface area contributed by atoms with Crippen molar-refractivity contribution in [1.29, 1.82) is 0 Å². The minimum atomic E-state index is -0.310. The van der Waals surface area contributed by atoms with Crippen LogP contribution in [-0.4, -0.2) is 29.9 Å². The number of hydrogen-bond acceptors (Lipinski definition) is 4. The van der Waals surface area contributed by atoms with Gasteiger partial charge >= 0.3 is 0 Å². The number of nitrogens with zero attached hydrogens (tertiary/aromatic N) is 1. The predicted octanol–water partition coefficient (Wildman–Crippen LogP) is 3.71. The zero-order valence-corrected chi connectivity index (χ0v) is 16.2. The maximum atomic E-state index is 12.5. The zero-order chi connectivity index (χ0) is 20.5. The average molecular weight is 389 g/mol. The highest BCUT2D eigenvalue weighted by Gasteiger charge is 2.12. The van der Waals surface area contributed by atoms with Gasteiger partial charge in [-0.2, -0.15) is 0 Å². The van der Waals surface area contributed by atoms with E-state index < -0.39 is 0 Å². The lowest BCUT2D eigenvalue weighted by Crippen LogP contribution is -2.27. The van der Waals surface area contributed by atoms with E-state index in [1.54, 1.807) is 30.3 Å². The summed E-state index contributed by atoms with van der Waals surface area (Å²) in [7, 11) is 0. The number of aromatic nitrogens is 1. The summed E-state index contributed by atoms with van der Waals surface area (Å²) in [4.78, 5) is 28.9. The average Bonchev–Trinajstić information content (AvgIpc) is 2.76. The first-order chi connectivity index (χ1) is 14.2. The summed E-state index contributed by atoms with van der Waals surface area (Å²) < 4.78 is 5.39. The quantitative estimate of drug-likeness (QED) is 0.616. The van der Waals surface area contributed by atoms with Crippen molar-refractivity contribution < 1.29 is 14.3 Å². The third kappa shape index (κ3) is 5.90. The molecule has 2 aromatic carbocycles. The van der Waals surface area contributed by atoms with E-state index in [4.69, 9.17) is 4.74 Å². The van der Waals surface area contributed by atoms with Crippen LogP contribution in [-0.2, 0) is 6.42 Å². The van der Waals surface area contributed by atoms with Crippen molar-refractivity contribution in [3.63, 3.8) is 0 Å². The van der Waals surface area contributed by atoms with Crippen LogP contribution in [0.2, 0.25) is 0 Å². The highest BCUT2D eigenvalue weighted by molar-refractivity contribution is 6.05. The van der Waals surface area contributed by atoms with Crippen LogP contribution in [0, 0.1) is 0 Å². The van der Waals surface area contributed by atoms with Gasteiger partial charge in [0.25, 0.3) is 11.8 Å². The highest BCUT2D eigenvalue weighted by atomic mass is 16.5. The Kier molecular flexibility index (Phi) is 6.95. The molecule has 2 amide bonds. The lowest BCUT2D eigenvalue weighted by Gasteiger charge is -2.08. The summed E-state index contributed by atoms with van der Waals surface area (Å²) in [5.74, 6) is 0.121. The molecule has 0 fully saturated rings. The van der Waals surface area contributed by atoms with Gasteiger partial charge in [-0.05, 0) is 55.3 Å². The van der Waals surface area contributed by atoms with Crippen LogP contribution in [0.5, 0.6) is 5.75 Å². The molecule has 1 heterocycles. The second-order valence-electron chi connectivity index (χ2n) is 6.33. The molecule has 148 valence electrons. The number of rotatable bonds is 8. The molecule has 0 saturated heterocycles. The molecule has 1 aromatic heterocycles. The third-order valence-corrected chi connectivity index (χ3v) is 4.22. The molecular weight excluding hydrogens is 366 g/mol. The van der Waals surface area contributed by atoms with Crippen LogP contribution < -0.4 is 15.4 Å². The van der Waals surface area contributed by atoms with Crippen LogP contribution in [0.15, 0.2) is 72.9 Å². The third-order valence-electron chi connectivity index (χ3n) is 4.22. The number of carbonyl (C=O) groups is 2. The molecule has 29 heavy (non-hydrogen) atoms. The van der Waals surface area contributed by atoms with Gasteiger partial charge in [0.15, 0.2) is 0 Å². The van der Waals surface area contributed by atoms with Gasteiger partial charge in [0, 0.05) is 24.0 Å². The van der Waals surface area contributed by atoms with E-state index in [1.807, 2.05) is 37.3 Å². The first-order valence-electron chi connectivity index (χ1n) is 9.48. The lowest BCUT2D eigenvalue weighted by molar-refractivity contribution is 0.0949. The molecule has 0 atom stereocenters. The van der Waals surface area contributed by atoms with Crippen molar-refractivity contribution in [1.82, 2.24) is 10.3 Å². The van der Waals surface area contributed by atoms with Crippen molar-refractivity contribution >= 4 is 17.5 Å². The van der Waals surface area contributed by atoms with Crippen LogP contribution in [0.4, 0.5) is 5.69 Å². The van der Waals surface area contributed by atoms with Crippen molar-refractivity contribution in [2.75, 3.05) is 18.5 Å². The van der Waals surface area contributed by atoms with Gasteiger partial charge < -0.3 is 15.4 Å². The first-order valence-corrected chi connectivity index (χ1v) is 9.48. The summed E-state index contributed by atoms with van der Waals surface area (Å²) >= 11 is 0. The Bertz CT molecular complexity index is 957. The van der Waals surface area contributed by atoms with Crippen LogP contribution in [0.1, 0.15) is 33.3 Å². The summed E-state index contributed by atoms with van der Waals surface area (Å²) in [5, 5.41) is 5.64. The van der Waals surface area contributed by atoms with E-state index in [0.717, 1.165) is 17.7 Å². The maximum absolute atomic E-state index is 12.5. The van der Waals surface area contributed by atoms with E-state index in [9.17, 15) is 9.59 Å². The molecule has 0 aliphatic carbocycles. The Balaban J connectivity index is 1.57. The van der Waals surface area contributed by atoms with Crippen LogP contribution >= 0.6 is 0 Å². The van der Waals surface area contributed by atoms with Crippen molar-refractivity contribution in [3.05, 3.63) is 89.7 Å². The van der Waals surface area contributed by atoms with E-state index >= 15 is 0 Å². The molecular formula is C23H23N3O3. The topological polar surface area (TPSA) is 80.3 Å². The van der Waals surface area contributed by atoms with Crippen LogP contribution in [0.25, 0.3) is 0 Å². The smallest absolute Gasteiger partial charge is 0.269 e. The Hall–Kier alpha value is -3.67. The number of benzene rings is 2. The van der Waals surface area contributed by atoms with E-state index in [0.29, 0.717) is 24.4 Å². The van der Waals surface area contributed by atoms with Crippen molar-refractivity contribution in [2.24, 2.45) is 0 Å². The number of amides is 2. The summed E-state index contributed by atoms with van der Waals surface area (Å²) in [6.07, 6.45) is 2.18. The number of anilines is 1. The lowest BCUT2D eigenvalue weighted by atomic mass is 10.1. The number of ether oxygens (including phenoxy) is 1. The zero-order valence-electron chi connectivity index (χ0n) is 16.2. The van der Waals surface area contributed by atoms with Crippen molar-refractivity contribution in [2.45, 2.75) is 13.3 Å². The molecule has 6 nitrogen and oxygen atoms in total. The monoisotopic (exact) mass is 389 g/mol. The van der Waals surface area contributed by atoms with Gasteiger partial charge in [-0.1, -0.05) is 30.3 Å². The summed E-state index contributed by atoms with van der Waals surface area (Å²) in [6.45, 7) is 2.99. The molecule has 0 saturated carbocycles. The molecule has 6 heteroatoms. The van der Waals surface area contributed by atoms with E-state index in [-0.39, 0.29) is 17.5 Å². The second kappa shape index (κ2) is 10.0. The number of pyridine rings is 1. The molecule has 2 N–H and O–H groups in total. The Morgan fingerprint density at radius 1 is 0.966 bits per heavy atom. The van der Waals surface area contributed by atoms with Crippen molar-refractivity contribution in [3.8, 4) is 5.75 Å². The minimum absolute atomic E-state index is 0.206. The van der Waals surface area contributed by atoms with Gasteiger partial charge in [-0.15, -0.1) is 0 Å². The molecule has 0 bridgehead atoms. The van der Waals surface area contributed by atoms with Gasteiger partial charge in [0.05, 0.1) is 6.61 Å². The summed E-state index contributed by atoms with van der Waals surface area (Å²) in [5.41, 5.74) is 2.35. The first kappa shape index (κ1) is 20.1. The number of hydrogen-bond donors (Lipinski definition) is 2. The SMILES string of the molecule is CCOc1ccc(NC(=O)c2ccnc(C(=O)NCCc3ccccc3)c2)cc1. The Labute approximate surface area is 169 Å². The Morgan fingerprint density at radius 2 is 1.72 bits per heavy atom. The normalized spacial score (nSPS) is 10.2. The second-order valence-corrected chi connectivity index (χ2v) is 6.33. The molecule has 3 aromatic rings. The van der Waals surface area contributed by atoms with E-state index in [2.05, 4.69) is 15.6 Å². The molecule has 0 unspecified atom stereocenters. The number of nitrogens with one attached hydrogen (secondary N) is 2. The van der Waals surface area contributed by atoms with Crippen LogP contribution in [0.3, 0.4) is 0 Å². The molecule has 0 aliphatic heterocycles. The fourth-order valence-electron chi connectivity index (χ4n) is 2.76. The maximum Gasteiger partial charge on any atom is 0.269 e. The summed E-state index contributed by atoms with van der Waals surface area (Å²) in [6, 6.07) is 20.1. The molecule has 0 spiro atoms. The van der Waals surface area contributed by atoms with E-state index in [1.165, 1.54) is 12.3 Å². The highest BCUT2D eigenvalue weighted by Crippen LogP contribution is 2.16.